The first-order valence-corrected chi connectivity index (χ1v) is 13.7. The maximum Gasteiger partial charge on any atom is 0.251 e. The van der Waals surface area contributed by atoms with E-state index in [-0.39, 0.29) is 17.9 Å². The molecule has 0 fully saturated rings. The summed E-state index contributed by atoms with van der Waals surface area (Å²) < 4.78 is 14.9. The summed E-state index contributed by atoms with van der Waals surface area (Å²) in [5.41, 5.74) is 9.39. The normalized spacial score (nSPS) is 11.9. The fourth-order valence-electron chi connectivity index (χ4n) is 4.23. The summed E-state index contributed by atoms with van der Waals surface area (Å²) in [5.74, 6) is -0.335. The number of halogens is 1. The SMILES string of the molecule is CC(C)c1nc2ncnc(Nc3cc(C(=O)N[C@@H](C)c4ccccc4)ccc3Sc3ccc(N)cc3)c2cc1F. The monoisotopic (exact) mass is 552 g/mol. The number of benzene rings is 3. The number of hydrogen-bond donors (Lipinski definition) is 3. The van der Waals surface area contributed by atoms with Crippen LogP contribution in [0.25, 0.3) is 11.0 Å². The van der Waals surface area contributed by atoms with E-state index in [1.807, 2.05) is 81.4 Å². The second-order valence-electron chi connectivity index (χ2n) is 9.72. The first-order chi connectivity index (χ1) is 19.3. The molecule has 1 atom stereocenters. The molecule has 1 amide bonds. The van der Waals surface area contributed by atoms with Gasteiger partial charge in [-0.3, -0.25) is 4.79 Å². The molecule has 5 rings (SSSR count). The minimum absolute atomic E-state index is 0.0906. The van der Waals surface area contributed by atoms with Crippen LogP contribution >= 0.6 is 11.8 Å². The van der Waals surface area contributed by atoms with E-state index >= 15 is 0 Å². The number of carbonyl (C=O) groups is 1. The smallest absolute Gasteiger partial charge is 0.251 e. The van der Waals surface area contributed by atoms with E-state index in [0.29, 0.717) is 39.5 Å². The molecule has 7 nitrogen and oxygen atoms in total. The number of carbonyl (C=O) groups excluding carboxylic acids is 1. The number of nitrogens with one attached hydrogen (secondary N) is 2. The molecule has 0 aliphatic heterocycles. The van der Waals surface area contributed by atoms with E-state index in [1.165, 1.54) is 24.2 Å². The molecule has 0 aliphatic carbocycles. The predicted molar refractivity (Wildman–Crippen MR) is 158 cm³/mol. The van der Waals surface area contributed by atoms with Crippen molar-refractivity contribution in [2.24, 2.45) is 0 Å². The first-order valence-electron chi connectivity index (χ1n) is 12.9. The van der Waals surface area contributed by atoms with Gasteiger partial charge in [-0.2, -0.15) is 0 Å². The molecule has 2 heterocycles. The van der Waals surface area contributed by atoms with Crippen LogP contribution in [0.4, 0.5) is 21.6 Å². The summed E-state index contributed by atoms with van der Waals surface area (Å²) >= 11 is 1.51. The summed E-state index contributed by atoms with van der Waals surface area (Å²) in [6.45, 7) is 5.71. The minimum atomic E-state index is -0.417. The topological polar surface area (TPSA) is 106 Å². The zero-order chi connectivity index (χ0) is 28.2. The van der Waals surface area contributed by atoms with Gasteiger partial charge in [0.15, 0.2) is 5.65 Å². The van der Waals surface area contributed by atoms with E-state index in [4.69, 9.17) is 5.73 Å². The Morgan fingerprint density at radius 1 is 0.950 bits per heavy atom. The maximum absolute atomic E-state index is 14.9. The third kappa shape index (κ3) is 6.05. The fraction of sp³-hybridized carbons (Fsp3) is 0.161. The van der Waals surface area contributed by atoms with Crippen LogP contribution in [0.15, 0.2) is 95.0 Å². The van der Waals surface area contributed by atoms with Crippen LogP contribution in [0, 0.1) is 5.82 Å². The van der Waals surface area contributed by atoms with Gasteiger partial charge in [0, 0.05) is 21.0 Å². The lowest BCUT2D eigenvalue weighted by molar-refractivity contribution is 0.0940. The van der Waals surface area contributed by atoms with E-state index in [2.05, 4.69) is 25.6 Å². The Kier molecular flexibility index (Phi) is 7.93. The Morgan fingerprint density at radius 3 is 2.42 bits per heavy atom. The second kappa shape index (κ2) is 11.7. The average Bonchev–Trinajstić information content (AvgIpc) is 2.95. The molecule has 202 valence electrons. The van der Waals surface area contributed by atoms with Crippen molar-refractivity contribution in [3.8, 4) is 0 Å². The number of nitrogen functional groups attached to an aromatic ring is 1. The van der Waals surface area contributed by atoms with Crippen LogP contribution in [0.5, 0.6) is 0 Å². The predicted octanol–water partition coefficient (Wildman–Crippen LogP) is 7.26. The van der Waals surface area contributed by atoms with Gasteiger partial charge in [0.1, 0.15) is 18.0 Å². The van der Waals surface area contributed by atoms with Crippen LogP contribution in [0.3, 0.4) is 0 Å². The molecular weight excluding hydrogens is 523 g/mol. The summed E-state index contributed by atoms with van der Waals surface area (Å²) in [4.78, 5) is 28.1. The van der Waals surface area contributed by atoms with Crippen molar-refractivity contribution >= 4 is 45.9 Å². The number of pyridine rings is 1. The quantitative estimate of drug-likeness (QED) is 0.174. The van der Waals surface area contributed by atoms with Gasteiger partial charge >= 0.3 is 0 Å². The Balaban J connectivity index is 1.51. The highest BCUT2D eigenvalue weighted by Gasteiger charge is 2.17. The molecule has 0 radical (unpaired) electrons. The molecule has 0 spiro atoms. The van der Waals surface area contributed by atoms with Gasteiger partial charge < -0.3 is 16.4 Å². The zero-order valence-corrected chi connectivity index (χ0v) is 23.2. The van der Waals surface area contributed by atoms with Gasteiger partial charge in [-0.05, 0) is 66.9 Å². The van der Waals surface area contributed by atoms with Gasteiger partial charge in [0.25, 0.3) is 5.91 Å². The number of amides is 1. The highest BCUT2D eigenvalue weighted by atomic mass is 32.2. The lowest BCUT2D eigenvalue weighted by Crippen LogP contribution is -2.26. The van der Waals surface area contributed by atoms with Crippen molar-refractivity contribution in [1.29, 1.82) is 0 Å². The van der Waals surface area contributed by atoms with Gasteiger partial charge in [-0.25, -0.2) is 19.3 Å². The standard InChI is InChI=1S/C31H29FN6OS/c1-18(2)28-25(32)16-24-29(34-17-35-30(24)38-28)37-26-15-21(31(39)36-19(3)20-7-5-4-6-8-20)9-14-27(26)40-23-12-10-22(33)11-13-23/h4-19H,33H2,1-3H3,(H,36,39)(H,34,35,37,38)/t19-/m0/s1. The summed E-state index contributed by atoms with van der Waals surface area (Å²) in [5, 5.41) is 6.83. The van der Waals surface area contributed by atoms with Crippen molar-refractivity contribution in [1.82, 2.24) is 20.3 Å². The third-order valence-corrected chi connectivity index (χ3v) is 7.49. The molecule has 40 heavy (non-hydrogen) atoms. The number of fused-ring (bicyclic) bond motifs is 1. The molecule has 0 saturated heterocycles. The zero-order valence-electron chi connectivity index (χ0n) is 22.4. The van der Waals surface area contributed by atoms with E-state index < -0.39 is 5.82 Å². The summed E-state index contributed by atoms with van der Waals surface area (Å²) in [7, 11) is 0. The van der Waals surface area contributed by atoms with Gasteiger partial charge in [-0.15, -0.1) is 0 Å². The maximum atomic E-state index is 14.9. The molecule has 9 heteroatoms. The van der Waals surface area contributed by atoms with Crippen molar-refractivity contribution in [3.63, 3.8) is 0 Å². The van der Waals surface area contributed by atoms with Crippen molar-refractivity contribution in [2.45, 2.75) is 42.5 Å². The molecular formula is C31H29FN6OS. The molecule has 0 aliphatic rings. The van der Waals surface area contributed by atoms with Crippen LogP contribution in [-0.2, 0) is 0 Å². The number of rotatable bonds is 8. The van der Waals surface area contributed by atoms with E-state index in [1.54, 1.807) is 12.1 Å². The lowest BCUT2D eigenvalue weighted by atomic mass is 10.1. The highest BCUT2D eigenvalue weighted by Crippen LogP contribution is 2.37. The fourth-order valence-corrected chi connectivity index (χ4v) is 5.12. The molecule has 3 aromatic carbocycles. The first kappa shape index (κ1) is 27.1. The van der Waals surface area contributed by atoms with Crippen LogP contribution in [-0.4, -0.2) is 20.9 Å². The highest BCUT2D eigenvalue weighted by molar-refractivity contribution is 7.99. The number of nitrogens with zero attached hydrogens (tertiary/aromatic N) is 3. The van der Waals surface area contributed by atoms with Gasteiger partial charge in [-0.1, -0.05) is 55.9 Å². The van der Waals surface area contributed by atoms with Crippen molar-refractivity contribution < 1.29 is 9.18 Å². The number of aromatic nitrogens is 3. The largest absolute Gasteiger partial charge is 0.399 e. The van der Waals surface area contributed by atoms with Gasteiger partial charge in [0.05, 0.1) is 22.8 Å². The molecule has 0 unspecified atom stereocenters. The van der Waals surface area contributed by atoms with Crippen LogP contribution in [0.2, 0.25) is 0 Å². The van der Waals surface area contributed by atoms with Crippen LogP contribution in [0.1, 0.15) is 54.3 Å². The van der Waals surface area contributed by atoms with E-state index in [9.17, 15) is 9.18 Å². The Bertz CT molecular complexity index is 1660. The van der Waals surface area contributed by atoms with Crippen LogP contribution < -0.4 is 16.4 Å². The average molecular weight is 553 g/mol. The van der Waals surface area contributed by atoms with E-state index in [0.717, 1.165) is 15.4 Å². The van der Waals surface area contributed by atoms with Gasteiger partial charge in [0.2, 0.25) is 0 Å². The molecule has 0 saturated carbocycles. The lowest BCUT2D eigenvalue weighted by Gasteiger charge is -2.17. The number of hydrogen-bond acceptors (Lipinski definition) is 7. The number of anilines is 3. The summed E-state index contributed by atoms with van der Waals surface area (Å²) in [6.07, 6.45) is 1.39. The Hall–Kier alpha value is -4.50. The minimum Gasteiger partial charge on any atom is -0.399 e. The molecule has 2 aromatic heterocycles. The Labute approximate surface area is 236 Å². The van der Waals surface area contributed by atoms with Crippen molar-refractivity contribution in [3.05, 3.63) is 108 Å². The van der Waals surface area contributed by atoms with Crippen molar-refractivity contribution in [2.75, 3.05) is 11.1 Å². The second-order valence-corrected chi connectivity index (χ2v) is 10.8. The Morgan fingerprint density at radius 2 is 1.70 bits per heavy atom. The number of nitrogens with two attached hydrogens (primary N) is 1. The molecule has 5 aromatic rings. The third-order valence-electron chi connectivity index (χ3n) is 6.40. The molecule has 4 N–H and O–H groups in total. The molecule has 0 bridgehead atoms. The summed E-state index contributed by atoms with van der Waals surface area (Å²) in [6, 6.07) is 24.0.